The van der Waals surface area contributed by atoms with E-state index < -0.39 is 0 Å². The zero-order valence-corrected chi connectivity index (χ0v) is 22.6. The van der Waals surface area contributed by atoms with E-state index in [1.807, 2.05) is 10.6 Å². The summed E-state index contributed by atoms with van der Waals surface area (Å²) in [6.07, 6.45) is 11.1. The lowest BCUT2D eigenvalue weighted by Gasteiger charge is -2.23. The number of aromatic nitrogens is 2. The lowest BCUT2D eigenvalue weighted by atomic mass is 9.43. The predicted molar refractivity (Wildman–Crippen MR) is 152 cm³/mol. The van der Waals surface area contributed by atoms with Gasteiger partial charge >= 0.3 is 0 Å². The second-order valence-electron chi connectivity index (χ2n) is 9.35. The predicted octanol–water partition coefficient (Wildman–Crippen LogP) is 7.25. The molecular formula is C26H29BIN4OP. The number of nitrogens with one attached hydrogen (secondary N) is 1. The highest BCUT2D eigenvalue weighted by molar-refractivity contribution is 14.2. The van der Waals surface area contributed by atoms with Crippen molar-refractivity contribution in [3.8, 4) is 34.0 Å². The molecule has 5 rings (SSSR count). The molecule has 3 unspecified atom stereocenters. The third-order valence-corrected chi connectivity index (χ3v) is 9.18. The molecule has 174 valence electrons. The molecule has 2 aliphatic heterocycles. The summed E-state index contributed by atoms with van der Waals surface area (Å²) in [6.45, 7) is 3.14. The first-order valence-corrected chi connectivity index (χ1v) is 16.2. The maximum absolute atomic E-state index is 9.46. The number of ether oxygens (including phenoxy) is 1. The van der Waals surface area contributed by atoms with Crippen LogP contribution < -0.4 is 10.1 Å². The van der Waals surface area contributed by atoms with E-state index in [2.05, 4.69) is 87.9 Å². The maximum Gasteiger partial charge on any atom is 0.271 e. The first-order valence-electron chi connectivity index (χ1n) is 12.2. The van der Waals surface area contributed by atoms with Gasteiger partial charge in [0.25, 0.3) is 6.71 Å². The van der Waals surface area contributed by atoms with Gasteiger partial charge in [0.2, 0.25) is 0 Å². The van der Waals surface area contributed by atoms with Gasteiger partial charge in [-0.05, 0) is 75.6 Å². The van der Waals surface area contributed by atoms with Crippen LogP contribution in [0.2, 0.25) is 12.1 Å². The fourth-order valence-corrected chi connectivity index (χ4v) is 6.48. The molecule has 2 aliphatic rings. The van der Waals surface area contributed by atoms with Crippen LogP contribution in [0.5, 0.6) is 5.75 Å². The molecule has 0 amide bonds. The number of fused-ring (bicyclic) bond motifs is 3. The Morgan fingerprint density at radius 1 is 1.29 bits per heavy atom. The number of halogens is 1. The Labute approximate surface area is 217 Å². The Balaban J connectivity index is 1.36. The topological polar surface area (TPSA) is 62.9 Å². The fraction of sp³-hybridized carbons (Fsp3) is 0.385. The monoisotopic (exact) mass is 582 g/mol. The number of nitriles is 1. The molecule has 1 saturated heterocycles. The fourth-order valence-electron chi connectivity index (χ4n) is 5.40. The molecule has 8 heteroatoms. The van der Waals surface area contributed by atoms with E-state index in [1.165, 1.54) is 29.7 Å². The normalized spacial score (nSPS) is 18.1. The number of rotatable bonds is 7. The second kappa shape index (κ2) is 10.7. The van der Waals surface area contributed by atoms with Crippen molar-refractivity contribution in [1.82, 2.24) is 9.55 Å². The van der Waals surface area contributed by atoms with Crippen LogP contribution in [0.1, 0.15) is 38.2 Å². The molecule has 5 nitrogen and oxygen atoms in total. The summed E-state index contributed by atoms with van der Waals surface area (Å²) in [6, 6.07) is 13.6. The van der Waals surface area contributed by atoms with Crippen LogP contribution in [0.15, 0.2) is 48.8 Å². The van der Waals surface area contributed by atoms with E-state index in [4.69, 9.17) is 4.74 Å². The van der Waals surface area contributed by atoms with Crippen LogP contribution >= 0.6 is 28.4 Å². The molecule has 0 aliphatic carbocycles. The van der Waals surface area contributed by atoms with Crippen molar-refractivity contribution in [2.45, 2.75) is 57.2 Å². The van der Waals surface area contributed by atoms with Crippen molar-refractivity contribution >= 4 is 40.8 Å². The average Bonchev–Trinajstić information content (AvgIpc) is 3.49. The van der Waals surface area contributed by atoms with Crippen molar-refractivity contribution in [3.63, 3.8) is 0 Å². The first kappa shape index (κ1) is 23.7. The summed E-state index contributed by atoms with van der Waals surface area (Å²) in [5.41, 5.74) is 7.15. The largest absolute Gasteiger partial charge is 0.493 e. The number of hydrogen-bond donors (Lipinski definition) is 1. The van der Waals surface area contributed by atoms with Gasteiger partial charge in [-0.15, -0.1) is 0 Å². The highest BCUT2D eigenvalue weighted by Crippen LogP contribution is 2.40. The van der Waals surface area contributed by atoms with Gasteiger partial charge in [-0.25, -0.2) is 9.71 Å². The molecule has 1 fully saturated rings. The van der Waals surface area contributed by atoms with E-state index in [0.717, 1.165) is 48.0 Å². The van der Waals surface area contributed by atoms with Gasteiger partial charge in [-0.3, -0.25) is 0 Å². The van der Waals surface area contributed by atoms with Crippen LogP contribution in [0.4, 0.5) is 5.69 Å². The summed E-state index contributed by atoms with van der Waals surface area (Å²) in [5, 5.41) is 17.6. The molecule has 3 atom stereocenters. The summed E-state index contributed by atoms with van der Waals surface area (Å²) in [7, 11) is 0. The van der Waals surface area contributed by atoms with Crippen LogP contribution in [0.25, 0.3) is 22.3 Å². The summed E-state index contributed by atoms with van der Waals surface area (Å²) in [5.74, 6) is 4.01. The number of hydrogen-bond acceptors (Lipinski definition) is 4. The smallest absolute Gasteiger partial charge is 0.271 e. The van der Waals surface area contributed by atoms with Gasteiger partial charge < -0.3 is 10.1 Å². The Kier molecular flexibility index (Phi) is 7.46. The van der Waals surface area contributed by atoms with E-state index in [-0.39, 0.29) is 6.71 Å². The third-order valence-electron chi connectivity index (χ3n) is 7.28. The minimum Gasteiger partial charge on any atom is -0.493 e. The molecule has 1 aromatic heterocycles. The van der Waals surface area contributed by atoms with Gasteiger partial charge in [0.1, 0.15) is 5.75 Å². The van der Waals surface area contributed by atoms with Crippen molar-refractivity contribution in [2.24, 2.45) is 0 Å². The molecule has 0 bridgehead atoms. The molecule has 3 aromatic rings. The molecule has 3 heterocycles. The Morgan fingerprint density at radius 3 is 2.97 bits per heavy atom. The molecule has 0 saturated carbocycles. The minimum absolute atomic E-state index is 0.234. The minimum atomic E-state index is 0.234. The Bertz CT molecular complexity index is 1210. The Morgan fingerprint density at radius 2 is 2.18 bits per heavy atom. The molecule has 0 radical (unpaired) electrons. The summed E-state index contributed by atoms with van der Waals surface area (Å²) >= 11 is 2.34. The van der Waals surface area contributed by atoms with Crippen molar-refractivity contribution in [2.75, 3.05) is 11.9 Å². The van der Waals surface area contributed by atoms with Crippen molar-refractivity contribution in [1.29, 1.82) is 5.26 Å². The quantitative estimate of drug-likeness (QED) is 0.181. The first-order chi connectivity index (χ1) is 16.7. The maximum atomic E-state index is 9.46. The molecule has 1 N–H and O–H groups in total. The Hall–Kier alpha value is -2.04. The van der Waals surface area contributed by atoms with Crippen LogP contribution in [-0.4, -0.2) is 28.9 Å². The highest BCUT2D eigenvalue weighted by atomic mass is 127. The second-order valence-corrected chi connectivity index (χ2v) is 11.4. The van der Waals surface area contributed by atoms with Crippen molar-refractivity contribution in [3.05, 3.63) is 54.4 Å². The van der Waals surface area contributed by atoms with Crippen LogP contribution in [0, 0.1) is 11.2 Å². The van der Waals surface area contributed by atoms with Gasteiger partial charge in [0, 0.05) is 41.4 Å². The van der Waals surface area contributed by atoms with Crippen molar-refractivity contribution < 1.29 is 4.74 Å². The number of benzene rings is 2. The molecule has 34 heavy (non-hydrogen) atoms. The molecule has 2 aromatic carbocycles. The lowest BCUT2D eigenvalue weighted by Crippen LogP contribution is -2.24. The summed E-state index contributed by atoms with van der Waals surface area (Å²) in [4.78, 5) is 0. The van der Waals surface area contributed by atoms with E-state index >= 15 is 0 Å². The number of nitrogens with zero attached hydrogens (tertiary/aromatic N) is 3. The zero-order chi connectivity index (χ0) is 23.5. The van der Waals surface area contributed by atoms with E-state index in [0.29, 0.717) is 24.8 Å². The van der Waals surface area contributed by atoms with Gasteiger partial charge in [-0.2, -0.15) is 5.10 Å². The van der Waals surface area contributed by atoms with Gasteiger partial charge in [0.15, 0.2) is 0 Å². The van der Waals surface area contributed by atoms with E-state index in [9.17, 15) is 5.26 Å². The van der Waals surface area contributed by atoms with Gasteiger partial charge in [0.05, 0.1) is 19.2 Å². The molecule has 0 spiro atoms. The third kappa shape index (κ3) is 4.99. The SMILES string of the molecule is CCC(CC1CCCB1C#N)Nc1ccc2c(c1)CCOc1cc(-c3cnn(PI)c3)ccc1-2. The van der Waals surface area contributed by atoms with E-state index in [1.54, 1.807) is 0 Å². The lowest BCUT2D eigenvalue weighted by molar-refractivity contribution is 0.326. The molecular weight excluding hydrogens is 553 g/mol. The summed E-state index contributed by atoms with van der Waals surface area (Å²) < 4.78 is 8.16. The highest BCUT2D eigenvalue weighted by Gasteiger charge is 2.32. The number of anilines is 1. The zero-order valence-electron chi connectivity index (χ0n) is 19.4. The van der Waals surface area contributed by atoms with Crippen LogP contribution in [0.3, 0.4) is 0 Å². The van der Waals surface area contributed by atoms with Crippen LogP contribution in [-0.2, 0) is 6.42 Å². The average molecular weight is 582 g/mol. The van der Waals surface area contributed by atoms with Gasteiger partial charge in [-0.1, -0.05) is 44.3 Å². The standard InChI is InChI=1S/C26H29BIN4OP/c1-2-22(14-21-4-3-10-27(21)17-29)31-23-6-8-24-19(12-23)9-11-33-26-13-18(5-7-25(24)26)20-15-30-32(16-20)34-28/h5-8,12-13,15-16,21-22,31,34H,2-4,9-11,14H2,1H3.